The van der Waals surface area contributed by atoms with E-state index in [9.17, 15) is 4.79 Å². The monoisotopic (exact) mass is 207 g/mol. The smallest absolute Gasteiger partial charge is 0.176 e. The summed E-state index contributed by atoms with van der Waals surface area (Å²) in [7, 11) is 0. The van der Waals surface area contributed by atoms with Gasteiger partial charge in [0.2, 0.25) is 0 Å². The highest BCUT2D eigenvalue weighted by Gasteiger charge is 2.20. The van der Waals surface area contributed by atoms with E-state index in [1.807, 2.05) is 30.0 Å². The van der Waals surface area contributed by atoms with E-state index in [4.69, 9.17) is 5.73 Å². The Balaban J connectivity index is 2.21. The molecule has 3 heteroatoms. The van der Waals surface area contributed by atoms with Gasteiger partial charge in [-0.25, -0.2) is 0 Å². The standard InChI is InChI=1S/C11H13NOS/c12-5-11(13)9-3-1-2-8(4-9)10-6-14-7-10/h1-4,10H,5-7,12H2. The number of carbonyl (C=O) groups is 1. The van der Waals surface area contributed by atoms with Crippen LogP contribution in [0.15, 0.2) is 24.3 Å². The number of benzene rings is 1. The summed E-state index contributed by atoms with van der Waals surface area (Å²) >= 11 is 1.95. The fourth-order valence-corrected chi connectivity index (χ4v) is 2.37. The molecular weight excluding hydrogens is 194 g/mol. The number of carbonyl (C=O) groups excluding carboxylic acids is 1. The first-order valence-corrected chi connectivity index (χ1v) is 5.87. The summed E-state index contributed by atoms with van der Waals surface area (Å²) in [5.41, 5.74) is 7.36. The largest absolute Gasteiger partial charge is 0.324 e. The Kier molecular flexibility index (Phi) is 2.89. The van der Waals surface area contributed by atoms with Gasteiger partial charge in [-0.3, -0.25) is 4.79 Å². The summed E-state index contributed by atoms with van der Waals surface area (Å²) in [6.45, 7) is 0.100. The minimum atomic E-state index is 0.0267. The van der Waals surface area contributed by atoms with Gasteiger partial charge in [0.05, 0.1) is 6.54 Å². The molecule has 2 nitrogen and oxygen atoms in total. The van der Waals surface area contributed by atoms with Gasteiger partial charge in [0.1, 0.15) is 0 Å². The van der Waals surface area contributed by atoms with Gasteiger partial charge in [0.25, 0.3) is 0 Å². The lowest BCUT2D eigenvalue weighted by Gasteiger charge is -2.25. The van der Waals surface area contributed by atoms with E-state index in [1.165, 1.54) is 17.1 Å². The highest BCUT2D eigenvalue weighted by atomic mass is 32.2. The van der Waals surface area contributed by atoms with E-state index in [2.05, 4.69) is 6.07 Å². The highest BCUT2D eigenvalue weighted by molar-refractivity contribution is 8.00. The molecule has 1 aromatic carbocycles. The Bertz CT molecular complexity index is 347. The molecule has 0 atom stereocenters. The third kappa shape index (κ3) is 1.83. The van der Waals surface area contributed by atoms with Crippen LogP contribution >= 0.6 is 11.8 Å². The molecule has 0 aliphatic carbocycles. The SMILES string of the molecule is NCC(=O)c1cccc(C2CSC2)c1. The van der Waals surface area contributed by atoms with Crippen LogP contribution in [-0.4, -0.2) is 23.8 Å². The number of rotatable bonds is 3. The summed E-state index contributed by atoms with van der Waals surface area (Å²) in [5, 5.41) is 0. The first-order chi connectivity index (χ1) is 6.81. The number of hydrogen-bond donors (Lipinski definition) is 1. The van der Waals surface area contributed by atoms with Crippen molar-refractivity contribution in [3.8, 4) is 0 Å². The molecule has 74 valence electrons. The molecule has 1 aliphatic heterocycles. The van der Waals surface area contributed by atoms with Crippen molar-refractivity contribution in [3.63, 3.8) is 0 Å². The molecule has 0 amide bonds. The average Bonchev–Trinajstić information content (AvgIpc) is 2.14. The van der Waals surface area contributed by atoms with Crippen LogP contribution < -0.4 is 5.73 Å². The molecular formula is C11H13NOS. The first-order valence-electron chi connectivity index (χ1n) is 4.72. The van der Waals surface area contributed by atoms with Crippen molar-refractivity contribution < 1.29 is 4.79 Å². The van der Waals surface area contributed by atoms with E-state index in [-0.39, 0.29) is 12.3 Å². The van der Waals surface area contributed by atoms with E-state index in [1.54, 1.807) is 0 Å². The molecule has 2 rings (SSSR count). The van der Waals surface area contributed by atoms with Crippen LogP contribution in [0.2, 0.25) is 0 Å². The molecule has 0 unspecified atom stereocenters. The summed E-state index contributed by atoms with van der Waals surface area (Å²) < 4.78 is 0. The van der Waals surface area contributed by atoms with Gasteiger partial charge in [0.15, 0.2) is 5.78 Å². The van der Waals surface area contributed by atoms with Gasteiger partial charge in [-0.05, 0) is 11.6 Å². The topological polar surface area (TPSA) is 43.1 Å². The second kappa shape index (κ2) is 4.15. The van der Waals surface area contributed by atoms with Gasteiger partial charge >= 0.3 is 0 Å². The molecule has 1 aromatic rings. The molecule has 1 fully saturated rings. The number of nitrogens with two attached hydrogens (primary N) is 1. The van der Waals surface area contributed by atoms with Gasteiger partial charge in [-0.15, -0.1) is 0 Å². The van der Waals surface area contributed by atoms with Crippen LogP contribution in [0.1, 0.15) is 21.8 Å². The quantitative estimate of drug-likeness (QED) is 0.766. The van der Waals surface area contributed by atoms with Crippen molar-refractivity contribution in [1.82, 2.24) is 0 Å². The van der Waals surface area contributed by atoms with E-state index >= 15 is 0 Å². The zero-order valence-corrected chi connectivity index (χ0v) is 8.72. The molecule has 0 bridgehead atoms. The zero-order chi connectivity index (χ0) is 9.97. The first kappa shape index (κ1) is 9.74. The minimum absolute atomic E-state index is 0.0267. The predicted molar refractivity (Wildman–Crippen MR) is 59.9 cm³/mol. The van der Waals surface area contributed by atoms with Crippen molar-refractivity contribution in [1.29, 1.82) is 0 Å². The Labute approximate surface area is 87.9 Å². The lowest BCUT2D eigenvalue weighted by molar-refractivity contribution is 0.100. The Hall–Kier alpha value is -0.800. The molecule has 1 heterocycles. The summed E-state index contributed by atoms with van der Waals surface area (Å²) in [6, 6.07) is 7.86. The van der Waals surface area contributed by atoms with E-state index < -0.39 is 0 Å². The van der Waals surface area contributed by atoms with E-state index in [0.29, 0.717) is 5.92 Å². The average molecular weight is 207 g/mol. The molecule has 1 aliphatic rings. The van der Waals surface area contributed by atoms with Crippen LogP contribution in [0.25, 0.3) is 0 Å². The van der Waals surface area contributed by atoms with Gasteiger partial charge in [0, 0.05) is 23.0 Å². The van der Waals surface area contributed by atoms with Gasteiger partial charge < -0.3 is 5.73 Å². The summed E-state index contributed by atoms with van der Waals surface area (Å²) in [5.74, 6) is 3.03. The van der Waals surface area contributed by atoms with Gasteiger partial charge in [-0.1, -0.05) is 18.2 Å². The number of ketones is 1. The van der Waals surface area contributed by atoms with Crippen LogP contribution in [0.3, 0.4) is 0 Å². The molecule has 0 saturated carbocycles. The van der Waals surface area contributed by atoms with E-state index in [0.717, 1.165) is 5.56 Å². The molecule has 2 N–H and O–H groups in total. The third-order valence-electron chi connectivity index (χ3n) is 2.50. The number of thioether (sulfide) groups is 1. The number of hydrogen-bond acceptors (Lipinski definition) is 3. The molecule has 0 spiro atoms. The van der Waals surface area contributed by atoms with Crippen molar-refractivity contribution >= 4 is 17.5 Å². The highest BCUT2D eigenvalue weighted by Crippen LogP contribution is 2.34. The van der Waals surface area contributed by atoms with Crippen molar-refractivity contribution in [2.24, 2.45) is 5.73 Å². The molecule has 1 saturated heterocycles. The number of Topliss-reactive ketones (excluding diaryl/α,β-unsaturated/α-hetero) is 1. The fourth-order valence-electron chi connectivity index (χ4n) is 1.51. The Morgan fingerprint density at radius 1 is 1.50 bits per heavy atom. The predicted octanol–water partition coefficient (Wildman–Crippen LogP) is 1.66. The van der Waals surface area contributed by atoms with Gasteiger partial charge in [-0.2, -0.15) is 11.8 Å². The Morgan fingerprint density at radius 3 is 2.86 bits per heavy atom. The third-order valence-corrected chi connectivity index (χ3v) is 3.78. The van der Waals surface area contributed by atoms with Crippen molar-refractivity contribution in [3.05, 3.63) is 35.4 Å². The van der Waals surface area contributed by atoms with Crippen LogP contribution in [-0.2, 0) is 0 Å². The fraction of sp³-hybridized carbons (Fsp3) is 0.364. The lowest BCUT2D eigenvalue weighted by atomic mass is 9.98. The summed E-state index contributed by atoms with van der Waals surface area (Å²) in [6.07, 6.45) is 0. The second-order valence-corrected chi connectivity index (χ2v) is 4.56. The molecule has 0 radical (unpaired) electrons. The minimum Gasteiger partial charge on any atom is -0.324 e. The second-order valence-electron chi connectivity index (χ2n) is 3.49. The van der Waals surface area contributed by atoms with Crippen molar-refractivity contribution in [2.45, 2.75) is 5.92 Å². The maximum atomic E-state index is 11.4. The van der Waals surface area contributed by atoms with Crippen LogP contribution in [0.4, 0.5) is 0 Å². The maximum Gasteiger partial charge on any atom is 0.176 e. The Morgan fingerprint density at radius 2 is 2.29 bits per heavy atom. The van der Waals surface area contributed by atoms with Crippen LogP contribution in [0.5, 0.6) is 0 Å². The lowest BCUT2D eigenvalue weighted by Crippen LogP contribution is -2.17. The normalized spacial score (nSPS) is 16.4. The zero-order valence-electron chi connectivity index (χ0n) is 7.90. The molecule has 0 aromatic heterocycles. The summed E-state index contributed by atoms with van der Waals surface area (Å²) in [4.78, 5) is 11.4. The van der Waals surface area contributed by atoms with Crippen molar-refractivity contribution in [2.75, 3.05) is 18.1 Å². The maximum absolute atomic E-state index is 11.4. The van der Waals surface area contributed by atoms with Crippen LogP contribution in [0, 0.1) is 0 Å². The molecule has 14 heavy (non-hydrogen) atoms.